The Bertz CT molecular complexity index is 427. The predicted octanol–water partition coefficient (Wildman–Crippen LogP) is 2.75. The van der Waals surface area contributed by atoms with Crippen molar-refractivity contribution in [1.82, 2.24) is 5.32 Å². The average molecular weight is 244 g/mol. The Morgan fingerprint density at radius 2 is 2.11 bits per heavy atom. The maximum atomic E-state index is 3.63. The Morgan fingerprint density at radius 3 is 2.94 bits per heavy atom. The zero-order valence-electron chi connectivity index (χ0n) is 11.6. The van der Waals surface area contributed by atoms with Gasteiger partial charge in [-0.3, -0.25) is 0 Å². The van der Waals surface area contributed by atoms with Gasteiger partial charge >= 0.3 is 0 Å². The monoisotopic (exact) mass is 244 g/mol. The number of rotatable bonds is 2. The van der Waals surface area contributed by atoms with Crippen LogP contribution in [0.2, 0.25) is 0 Å². The first-order valence-corrected chi connectivity index (χ1v) is 7.39. The molecule has 1 fully saturated rings. The zero-order chi connectivity index (χ0) is 12.5. The molecule has 3 rings (SSSR count). The van der Waals surface area contributed by atoms with Gasteiger partial charge in [0.05, 0.1) is 0 Å². The van der Waals surface area contributed by atoms with E-state index in [-0.39, 0.29) is 0 Å². The summed E-state index contributed by atoms with van der Waals surface area (Å²) >= 11 is 0. The molecule has 2 heteroatoms. The lowest BCUT2D eigenvalue weighted by molar-refractivity contribution is 0.397. The van der Waals surface area contributed by atoms with Crippen LogP contribution in [0.4, 0.5) is 5.69 Å². The summed E-state index contributed by atoms with van der Waals surface area (Å²) in [6, 6.07) is 8.38. The Balaban J connectivity index is 1.84. The second-order valence-corrected chi connectivity index (χ2v) is 5.82. The molecule has 18 heavy (non-hydrogen) atoms. The summed E-state index contributed by atoms with van der Waals surface area (Å²) in [5, 5.41) is 3.63. The van der Waals surface area contributed by atoms with Crippen molar-refractivity contribution in [3.63, 3.8) is 0 Å². The number of nitrogens with one attached hydrogen (secondary N) is 1. The van der Waals surface area contributed by atoms with Crippen molar-refractivity contribution in [1.29, 1.82) is 0 Å². The first kappa shape index (κ1) is 12.0. The molecule has 2 atom stereocenters. The number of hydrogen-bond acceptors (Lipinski definition) is 2. The molecule has 1 aliphatic carbocycles. The molecule has 0 radical (unpaired) electrons. The highest BCUT2D eigenvalue weighted by Crippen LogP contribution is 2.28. The quantitative estimate of drug-likeness (QED) is 0.860. The maximum absolute atomic E-state index is 3.63. The van der Waals surface area contributed by atoms with Gasteiger partial charge in [-0.15, -0.1) is 0 Å². The fourth-order valence-electron chi connectivity index (χ4n) is 3.30. The van der Waals surface area contributed by atoms with Gasteiger partial charge in [0, 0.05) is 30.9 Å². The van der Waals surface area contributed by atoms with E-state index in [1.54, 1.807) is 11.1 Å². The largest absolute Gasteiger partial charge is 0.366 e. The molecule has 1 N–H and O–H groups in total. The van der Waals surface area contributed by atoms with E-state index >= 15 is 0 Å². The summed E-state index contributed by atoms with van der Waals surface area (Å²) < 4.78 is 0. The molecular weight excluding hydrogens is 220 g/mol. The topological polar surface area (TPSA) is 15.3 Å². The lowest BCUT2D eigenvalue weighted by Crippen LogP contribution is -2.55. The van der Waals surface area contributed by atoms with Gasteiger partial charge in [-0.25, -0.2) is 0 Å². The Kier molecular flexibility index (Phi) is 3.29. The van der Waals surface area contributed by atoms with Crippen molar-refractivity contribution in [3.05, 3.63) is 29.3 Å². The minimum Gasteiger partial charge on any atom is -0.366 e. The maximum Gasteiger partial charge on any atom is 0.0387 e. The molecule has 0 spiro atoms. The highest BCUT2D eigenvalue weighted by Gasteiger charge is 2.24. The second-order valence-electron chi connectivity index (χ2n) is 5.82. The highest BCUT2D eigenvalue weighted by atomic mass is 15.2. The molecule has 0 aromatic heterocycles. The van der Waals surface area contributed by atoms with Crippen molar-refractivity contribution in [3.8, 4) is 0 Å². The Hall–Kier alpha value is -1.02. The number of fused-ring (bicyclic) bond motifs is 1. The Labute approximate surface area is 110 Å². The van der Waals surface area contributed by atoms with Gasteiger partial charge in [0.1, 0.15) is 0 Å². The molecule has 0 bridgehead atoms. The summed E-state index contributed by atoms with van der Waals surface area (Å²) in [6.07, 6.45) is 5.12. The minimum absolute atomic E-state index is 0.604. The van der Waals surface area contributed by atoms with Gasteiger partial charge in [-0.1, -0.05) is 13.0 Å². The van der Waals surface area contributed by atoms with Gasteiger partial charge < -0.3 is 10.2 Å². The molecule has 1 heterocycles. The smallest absolute Gasteiger partial charge is 0.0387 e. The third-order valence-corrected chi connectivity index (χ3v) is 4.56. The minimum atomic E-state index is 0.604. The van der Waals surface area contributed by atoms with E-state index in [0.29, 0.717) is 12.1 Å². The van der Waals surface area contributed by atoms with Crippen molar-refractivity contribution >= 4 is 5.69 Å². The predicted molar refractivity (Wildman–Crippen MR) is 77.4 cm³/mol. The van der Waals surface area contributed by atoms with Gasteiger partial charge in [0.2, 0.25) is 0 Å². The van der Waals surface area contributed by atoms with Crippen molar-refractivity contribution in [2.45, 2.75) is 51.6 Å². The van der Waals surface area contributed by atoms with Crippen LogP contribution in [0.15, 0.2) is 18.2 Å². The lowest BCUT2D eigenvalue weighted by atomic mass is 10.0. The second kappa shape index (κ2) is 4.93. The fraction of sp³-hybridized carbons (Fsp3) is 0.625. The van der Waals surface area contributed by atoms with E-state index in [2.05, 4.69) is 42.3 Å². The van der Waals surface area contributed by atoms with Crippen LogP contribution in [0.5, 0.6) is 0 Å². The van der Waals surface area contributed by atoms with Crippen LogP contribution in [0.3, 0.4) is 0 Å². The molecule has 2 unspecified atom stereocenters. The van der Waals surface area contributed by atoms with Crippen molar-refractivity contribution in [2.75, 3.05) is 18.0 Å². The Morgan fingerprint density at radius 1 is 1.28 bits per heavy atom. The fourth-order valence-corrected chi connectivity index (χ4v) is 3.30. The molecule has 0 amide bonds. The summed E-state index contributed by atoms with van der Waals surface area (Å²) in [5.74, 6) is 0. The van der Waals surface area contributed by atoms with Crippen molar-refractivity contribution in [2.24, 2.45) is 0 Å². The van der Waals surface area contributed by atoms with Crippen molar-refractivity contribution < 1.29 is 0 Å². The first-order valence-electron chi connectivity index (χ1n) is 7.39. The van der Waals surface area contributed by atoms with Gasteiger partial charge in [-0.2, -0.15) is 0 Å². The molecule has 1 saturated heterocycles. The highest BCUT2D eigenvalue weighted by molar-refractivity contribution is 5.53. The summed E-state index contributed by atoms with van der Waals surface area (Å²) in [7, 11) is 0. The van der Waals surface area contributed by atoms with Crippen LogP contribution in [-0.4, -0.2) is 25.2 Å². The van der Waals surface area contributed by atoms with Crippen LogP contribution in [0.1, 0.15) is 37.8 Å². The number of benzene rings is 1. The first-order chi connectivity index (χ1) is 8.78. The molecule has 1 aromatic rings. The summed E-state index contributed by atoms with van der Waals surface area (Å²) in [6.45, 7) is 6.85. The number of nitrogens with zero attached hydrogens (tertiary/aromatic N) is 1. The van der Waals surface area contributed by atoms with Crippen LogP contribution in [-0.2, 0) is 12.8 Å². The SMILES string of the molecule is CCC1CN(c2ccc3c(c2)CCC3)C(C)CN1. The molecule has 2 nitrogen and oxygen atoms in total. The van der Waals surface area contributed by atoms with E-state index in [9.17, 15) is 0 Å². The van der Waals surface area contributed by atoms with E-state index < -0.39 is 0 Å². The van der Waals surface area contributed by atoms with Crippen LogP contribution in [0, 0.1) is 0 Å². The van der Waals surface area contributed by atoms with Gasteiger partial charge in [0.25, 0.3) is 0 Å². The van der Waals surface area contributed by atoms with E-state index in [4.69, 9.17) is 0 Å². The van der Waals surface area contributed by atoms with E-state index in [1.165, 1.54) is 31.4 Å². The molecule has 2 aliphatic rings. The molecule has 0 saturated carbocycles. The van der Waals surface area contributed by atoms with E-state index in [0.717, 1.165) is 13.1 Å². The normalized spacial score (nSPS) is 27.3. The van der Waals surface area contributed by atoms with Crippen LogP contribution >= 0.6 is 0 Å². The third kappa shape index (κ3) is 2.14. The molecule has 98 valence electrons. The number of anilines is 1. The van der Waals surface area contributed by atoms with Crippen LogP contribution in [0.25, 0.3) is 0 Å². The average Bonchev–Trinajstić information content (AvgIpc) is 2.86. The number of piperazine rings is 1. The lowest BCUT2D eigenvalue weighted by Gasteiger charge is -2.40. The summed E-state index contributed by atoms with van der Waals surface area (Å²) in [5.41, 5.74) is 4.60. The van der Waals surface area contributed by atoms with Gasteiger partial charge in [0.15, 0.2) is 0 Å². The molecule has 1 aliphatic heterocycles. The zero-order valence-corrected chi connectivity index (χ0v) is 11.6. The van der Waals surface area contributed by atoms with Gasteiger partial charge in [-0.05, 0) is 55.9 Å². The molecular formula is C16H24N2. The summed E-state index contributed by atoms with van der Waals surface area (Å²) in [4.78, 5) is 2.59. The number of aryl methyl sites for hydroxylation is 2. The number of hydrogen-bond donors (Lipinski definition) is 1. The third-order valence-electron chi connectivity index (χ3n) is 4.56. The standard InChI is InChI=1S/C16H24N2/c1-3-15-11-18(12(2)10-17-15)16-8-7-13-5-4-6-14(13)9-16/h7-9,12,15,17H,3-6,10-11H2,1-2H3. The van der Waals surface area contributed by atoms with E-state index in [1.807, 2.05) is 0 Å². The molecule has 1 aromatic carbocycles. The van der Waals surface area contributed by atoms with Crippen LogP contribution < -0.4 is 10.2 Å².